The summed E-state index contributed by atoms with van der Waals surface area (Å²) < 4.78 is 19.5. The summed E-state index contributed by atoms with van der Waals surface area (Å²) in [6.45, 7) is 8.79. The Bertz CT molecular complexity index is 905. The predicted molar refractivity (Wildman–Crippen MR) is 85.0 cm³/mol. The number of aromatic amines is 1. The Balaban J connectivity index is 2.22. The average molecular weight is 324 g/mol. The van der Waals surface area contributed by atoms with E-state index >= 15 is 0 Å². The number of carbonyl (C=O) groups excluding carboxylic acids is 2. The number of hydrogen-bond acceptors (Lipinski definition) is 3. The molecule has 1 heterocycles. The van der Waals surface area contributed by atoms with Crippen LogP contribution in [0.25, 0.3) is 10.4 Å². The first-order valence-electron chi connectivity index (χ1n) is 7.36. The number of nitrogens with zero attached hydrogens (tertiary/aromatic N) is 1. The molecular weight excluding hydrogens is 311 g/mol. The van der Waals surface area contributed by atoms with E-state index in [-0.39, 0.29) is 35.4 Å². The maximum Gasteiger partial charge on any atom is 0.342 e. The Labute approximate surface area is 137 Å². The molecule has 0 atom stereocenters. The molecule has 5 nitrogen and oxygen atoms in total. The molecule has 3 rings (SSSR count). The molecule has 0 amide bonds. The van der Waals surface area contributed by atoms with Crippen LogP contribution in [-0.4, -0.2) is 23.3 Å². The third-order valence-electron chi connectivity index (χ3n) is 3.87. The largest absolute Gasteiger partial charge is 0.462 e. The molecular formula is C18H13FN2O3. The second-order valence-electron chi connectivity index (χ2n) is 5.20. The van der Waals surface area contributed by atoms with Gasteiger partial charge in [0.2, 0.25) is 11.5 Å². The van der Waals surface area contributed by atoms with E-state index in [1.165, 1.54) is 12.1 Å². The highest BCUT2D eigenvalue weighted by Gasteiger charge is 2.34. The summed E-state index contributed by atoms with van der Waals surface area (Å²) >= 11 is 0. The van der Waals surface area contributed by atoms with Crippen molar-refractivity contribution in [1.29, 1.82) is 0 Å². The van der Waals surface area contributed by atoms with Crippen molar-refractivity contribution in [2.75, 3.05) is 6.61 Å². The Morgan fingerprint density at radius 1 is 1.42 bits per heavy atom. The van der Waals surface area contributed by atoms with E-state index in [0.717, 1.165) is 0 Å². The van der Waals surface area contributed by atoms with Crippen molar-refractivity contribution in [3.05, 3.63) is 70.1 Å². The molecule has 0 unspecified atom stereocenters. The van der Waals surface area contributed by atoms with Gasteiger partial charge in [-0.05, 0) is 30.2 Å². The summed E-state index contributed by atoms with van der Waals surface area (Å²) in [5, 5.41) is 0. The number of rotatable bonds is 3. The minimum atomic E-state index is -0.729. The summed E-state index contributed by atoms with van der Waals surface area (Å²) in [7, 11) is 0. The molecule has 6 heteroatoms. The van der Waals surface area contributed by atoms with Crippen LogP contribution in [0.2, 0.25) is 0 Å². The standard InChI is InChI=1S/C18H13FN2O3/c1-3-24-18(23)15-12(13-5-4-8-21-13)9-11-10(17(15)22)6-7-14(20-2)16(11)19/h4-8,21H,3,9H2,1H3. The molecule has 1 aliphatic rings. The third-order valence-corrected chi connectivity index (χ3v) is 3.87. The molecule has 0 saturated carbocycles. The number of ether oxygens (including phenoxy) is 1. The molecule has 24 heavy (non-hydrogen) atoms. The molecule has 120 valence electrons. The number of Topliss-reactive ketones (excluding diaryl/α,β-unsaturated/α-hetero) is 1. The lowest BCUT2D eigenvalue weighted by molar-refractivity contribution is -0.138. The molecule has 0 bridgehead atoms. The molecule has 0 spiro atoms. The van der Waals surface area contributed by atoms with Crippen LogP contribution >= 0.6 is 0 Å². The van der Waals surface area contributed by atoms with Crippen molar-refractivity contribution in [1.82, 2.24) is 4.98 Å². The summed E-state index contributed by atoms with van der Waals surface area (Å²) in [4.78, 5) is 31.1. The lowest BCUT2D eigenvalue weighted by Gasteiger charge is -2.21. The summed E-state index contributed by atoms with van der Waals surface area (Å²) in [6.07, 6.45) is 1.68. The molecule has 1 aromatic carbocycles. The number of aromatic nitrogens is 1. The van der Waals surface area contributed by atoms with E-state index in [2.05, 4.69) is 9.83 Å². The van der Waals surface area contributed by atoms with Crippen LogP contribution in [0, 0.1) is 12.4 Å². The van der Waals surface area contributed by atoms with E-state index in [0.29, 0.717) is 11.3 Å². The number of carbonyl (C=O) groups is 2. The zero-order valence-corrected chi connectivity index (χ0v) is 12.9. The van der Waals surface area contributed by atoms with E-state index in [1.807, 2.05) is 0 Å². The van der Waals surface area contributed by atoms with Crippen molar-refractivity contribution in [3.63, 3.8) is 0 Å². The van der Waals surface area contributed by atoms with E-state index in [4.69, 9.17) is 11.3 Å². The number of H-pyrrole nitrogens is 1. The normalized spacial score (nSPS) is 13.5. The van der Waals surface area contributed by atoms with E-state index in [1.54, 1.807) is 25.3 Å². The van der Waals surface area contributed by atoms with Crippen molar-refractivity contribution in [2.45, 2.75) is 13.3 Å². The minimum Gasteiger partial charge on any atom is -0.462 e. The number of ketones is 1. The number of fused-ring (bicyclic) bond motifs is 1. The number of halogens is 1. The molecule has 0 fully saturated rings. The van der Waals surface area contributed by atoms with Gasteiger partial charge in [0.05, 0.1) is 13.2 Å². The zero-order chi connectivity index (χ0) is 17.3. The van der Waals surface area contributed by atoms with Gasteiger partial charge in [-0.3, -0.25) is 4.79 Å². The first-order valence-corrected chi connectivity index (χ1v) is 7.36. The SMILES string of the molecule is [C-]#[N+]c1ccc2c(c1F)CC(c1ccc[nH]1)=C(C(=O)OCC)C2=O. The minimum absolute atomic E-state index is 0.0327. The number of hydrogen-bond donors (Lipinski definition) is 1. The first kappa shape index (κ1) is 15.7. The van der Waals surface area contributed by atoms with Gasteiger partial charge < -0.3 is 9.72 Å². The third kappa shape index (κ3) is 2.40. The van der Waals surface area contributed by atoms with E-state index < -0.39 is 17.6 Å². The van der Waals surface area contributed by atoms with Gasteiger partial charge in [-0.2, -0.15) is 0 Å². The lowest BCUT2D eigenvalue weighted by Crippen LogP contribution is -2.24. The maximum absolute atomic E-state index is 14.5. The van der Waals surface area contributed by atoms with Crippen LogP contribution in [0.15, 0.2) is 36.0 Å². The summed E-state index contributed by atoms with van der Waals surface area (Å²) in [5.74, 6) is -2.04. The highest BCUT2D eigenvalue weighted by atomic mass is 19.1. The van der Waals surface area contributed by atoms with Gasteiger partial charge in [0.15, 0.2) is 0 Å². The van der Waals surface area contributed by atoms with Crippen LogP contribution in [0.5, 0.6) is 0 Å². The molecule has 0 aliphatic heterocycles. The summed E-state index contributed by atoms with van der Waals surface area (Å²) in [5.41, 5.74) is 0.903. The highest BCUT2D eigenvalue weighted by molar-refractivity contribution is 6.30. The molecule has 1 aliphatic carbocycles. The fourth-order valence-electron chi connectivity index (χ4n) is 2.78. The molecule has 0 saturated heterocycles. The van der Waals surface area contributed by atoms with Crippen LogP contribution in [0.1, 0.15) is 28.5 Å². The second kappa shape index (κ2) is 6.13. The summed E-state index contributed by atoms with van der Waals surface area (Å²) in [6, 6.07) is 6.06. The zero-order valence-electron chi connectivity index (χ0n) is 12.9. The van der Waals surface area contributed by atoms with Crippen LogP contribution in [0.3, 0.4) is 0 Å². The number of esters is 1. The Hall–Kier alpha value is -3.20. The predicted octanol–water partition coefficient (Wildman–Crippen LogP) is 3.46. The number of allylic oxidation sites excluding steroid dienone is 1. The first-order chi connectivity index (χ1) is 11.6. The fourth-order valence-corrected chi connectivity index (χ4v) is 2.78. The van der Waals surface area contributed by atoms with Gasteiger partial charge in [-0.1, -0.05) is 12.1 Å². The smallest absolute Gasteiger partial charge is 0.342 e. The van der Waals surface area contributed by atoms with Crippen LogP contribution in [-0.2, 0) is 16.0 Å². The monoisotopic (exact) mass is 324 g/mol. The van der Waals surface area contributed by atoms with E-state index in [9.17, 15) is 14.0 Å². The fraction of sp³-hybridized carbons (Fsp3) is 0.167. The second-order valence-corrected chi connectivity index (χ2v) is 5.20. The number of benzene rings is 1. The topological polar surface area (TPSA) is 63.5 Å². The van der Waals surface area contributed by atoms with Gasteiger partial charge >= 0.3 is 5.97 Å². The highest BCUT2D eigenvalue weighted by Crippen LogP contribution is 2.36. The van der Waals surface area contributed by atoms with Gasteiger partial charge in [0, 0.05) is 23.9 Å². The van der Waals surface area contributed by atoms with Crippen LogP contribution in [0.4, 0.5) is 10.1 Å². The van der Waals surface area contributed by atoms with Crippen molar-refractivity contribution in [3.8, 4) is 0 Å². The molecule has 0 radical (unpaired) electrons. The molecule has 1 N–H and O–H groups in total. The average Bonchev–Trinajstić information content (AvgIpc) is 3.10. The van der Waals surface area contributed by atoms with Crippen molar-refractivity contribution < 1.29 is 18.7 Å². The van der Waals surface area contributed by atoms with Gasteiger partial charge in [0.25, 0.3) is 0 Å². The molecule has 1 aromatic heterocycles. The van der Waals surface area contributed by atoms with Gasteiger partial charge in [-0.15, -0.1) is 0 Å². The van der Waals surface area contributed by atoms with Crippen molar-refractivity contribution in [2.24, 2.45) is 0 Å². The number of nitrogens with one attached hydrogen (secondary N) is 1. The Morgan fingerprint density at radius 3 is 2.83 bits per heavy atom. The van der Waals surface area contributed by atoms with Crippen LogP contribution < -0.4 is 0 Å². The quantitative estimate of drug-likeness (QED) is 0.534. The molecule has 2 aromatic rings. The lowest BCUT2D eigenvalue weighted by atomic mass is 9.83. The maximum atomic E-state index is 14.5. The van der Waals surface area contributed by atoms with Gasteiger partial charge in [0.1, 0.15) is 11.4 Å². The Kier molecular flexibility index (Phi) is 4.00. The van der Waals surface area contributed by atoms with Gasteiger partial charge in [-0.25, -0.2) is 14.0 Å². The van der Waals surface area contributed by atoms with Crippen molar-refractivity contribution >= 4 is 23.0 Å². The Morgan fingerprint density at radius 2 is 2.21 bits per heavy atom.